The first kappa shape index (κ1) is 13.2. The molecule has 0 saturated carbocycles. The van der Waals surface area contributed by atoms with Gasteiger partial charge in [-0.25, -0.2) is 4.79 Å². The first-order valence-corrected chi connectivity index (χ1v) is 6.28. The molecule has 1 saturated heterocycles. The van der Waals surface area contributed by atoms with Crippen LogP contribution in [0.25, 0.3) is 0 Å². The van der Waals surface area contributed by atoms with Gasteiger partial charge in [0.2, 0.25) is 0 Å². The monoisotopic (exact) mass is 243 g/mol. The number of nitrogens with one attached hydrogen (secondary N) is 1. The highest BCUT2D eigenvalue weighted by atomic mass is 32.1. The Hall–Kier alpha value is -0.840. The number of thiocarbonyl (C=S) groups is 1. The molecular formula is C11H21N3OS. The van der Waals surface area contributed by atoms with Crippen LogP contribution in [0.5, 0.6) is 0 Å². The average Bonchev–Trinajstić information content (AvgIpc) is 2.25. The lowest BCUT2D eigenvalue weighted by Gasteiger charge is -2.30. The van der Waals surface area contributed by atoms with Crippen LogP contribution in [-0.2, 0) is 0 Å². The van der Waals surface area contributed by atoms with Gasteiger partial charge in [-0.05, 0) is 25.2 Å². The van der Waals surface area contributed by atoms with E-state index >= 15 is 0 Å². The molecule has 1 fully saturated rings. The van der Waals surface area contributed by atoms with E-state index in [0.29, 0.717) is 4.99 Å². The third-order valence-corrected chi connectivity index (χ3v) is 3.15. The van der Waals surface area contributed by atoms with Gasteiger partial charge in [0.25, 0.3) is 0 Å². The van der Waals surface area contributed by atoms with Gasteiger partial charge in [-0.15, -0.1) is 0 Å². The van der Waals surface area contributed by atoms with E-state index in [1.807, 2.05) is 18.7 Å². The van der Waals surface area contributed by atoms with Gasteiger partial charge < -0.3 is 16.0 Å². The van der Waals surface area contributed by atoms with E-state index in [1.165, 1.54) is 6.42 Å². The fraction of sp³-hybridized carbons (Fsp3) is 0.818. The van der Waals surface area contributed by atoms with E-state index in [4.69, 9.17) is 18.0 Å². The Morgan fingerprint density at radius 3 is 2.31 bits per heavy atom. The van der Waals surface area contributed by atoms with E-state index in [-0.39, 0.29) is 18.0 Å². The molecule has 1 unspecified atom stereocenters. The molecule has 1 atom stereocenters. The highest BCUT2D eigenvalue weighted by Crippen LogP contribution is 2.10. The Morgan fingerprint density at radius 2 is 1.88 bits per heavy atom. The van der Waals surface area contributed by atoms with Crippen LogP contribution in [0.3, 0.4) is 0 Å². The molecule has 3 N–H and O–H groups in total. The average molecular weight is 243 g/mol. The van der Waals surface area contributed by atoms with Crippen molar-refractivity contribution in [1.82, 2.24) is 10.2 Å². The lowest BCUT2D eigenvalue weighted by molar-refractivity contribution is 0.183. The summed E-state index contributed by atoms with van der Waals surface area (Å²) >= 11 is 4.96. The van der Waals surface area contributed by atoms with Crippen molar-refractivity contribution in [3.05, 3.63) is 0 Å². The van der Waals surface area contributed by atoms with Gasteiger partial charge in [0.05, 0.1) is 11.0 Å². The quantitative estimate of drug-likeness (QED) is 0.738. The van der Waals surface area contributed by atoms with Gasteiger partial charge >= 0.3 is 6.03 Å². The van der Waals surface area contributed by atoms with E-state index in [1.54, 1.807) is 0 Å². The van der Waals surface area contributed by atoms with Crippen LogP contribution in [0, 0.1) is 5.92 Å². The molecule has 1 heterocycles. The summed E-state index contributed by atoms with van der Waals surface area (Å²) in [5.74, 6) is 0.228. The Morgan fingerprint density at radius 1 is 1.31 bits per heavy atom. The zero-order valence-corrected chi connectivity index (χ0v) is 10.8. The first-order chi connectivity index (χ1) is 7.52. The molecule has 1 aliphatic rings. The fourth-order valence-electron chi connectivity index (χ4n) is 1.89. The minimum Gasteiger partial charge on any atom is -0.392 e. The summed E-state index contributed by atoms with van der Waals surface area (Å²) in [5, 5.41) is 2.91. The van der Waals surface area contributed by atoms with Gasteiger partial charge in [0.15, 0.2) is 0 Å². The normalized spacial score (nSPS) is 18.3. The molecule has 4 nitrogen and oxygen atoms in total. The minimum atomic E-state index is -0.204. The summed E-state index contributed by atoms with van der Waals surface area (Å²) in [6.45, 7) is 5.68. The molecular weight excluding hydrogens is 222 g/mol. The number of piperidine rings is 1. The zero-order chi connectivity index (χ0) is 12.1. The molecule has 0 aliphatic carbocycles. The SMILES string of the molecule is CC(C)C(NC(=O)N1CCCCC1)C(N)=S. The molecule has 0 aromatic carbocycles. The molecule has 92 valence electrons. The highest BCUT2D eigenvalue weighted by Gasteiger charge is 2.23. The maximum absolute atomic E-state index is 11.9. The van der Waals surface area contributed by atoms with Crippen molar-refractivity contribution in [2.45, 2.75) is 39.2 Å². The van der Waals surface area contributed by atoms with Gasteiger partial charge in [-0.1, -0.05) is 26.1 Å². The molecule has 0 radical (unpaired) electrons. The molecule has 0 spiro atoms. The molecule has 0 bridgehead atoms. The largest absolute Gasteiger partial charge is 0.392 e. The summed E-state index contributed by atoms with van der Waals surface area (Å²) in [4.78, 5) is 14.1. The number of hydrogen-bond acceptors (Lipinski definition) is 2. The number of hydrogen-bond donors (Lipinski definition) is 2. The number of nitrogens with zero attached hydrogens (tertiary/aromatic N) is 1. The predicted molar refractivity (Wildman–Crippen MR) is 69.4 cm³/mol. The summed E-state index contributed by atoms with van der Waals surface area (Å²) in [6, 6.07) is -0.240. The standard InChI is InChI=1S/C11H21N3OS/c1-8(2)9(10(12)16)13-11(15)14-6-4-3-5-7-14/h8-9H,3-7H2,1-2H3,(H2,12,16)(H,13,15). The molecule has 2 amide bonds. The molecule has 1 rings (SSSR count). The van der Waals surface area contributed by atoms with Crippen molar-refractivity contribution in [3.8, 4) is 0 Å². The maximum atomic E-state index is 11.9. The van der Waals surface area contributed by atoms with Crippen molar-refractivity contribution in [1.29, 1.82) is 0 Å². The van der Waals surface area contributed by atoms with Crippen LogP contribution in [0.1, 0.15) is 33.1 Å². The van der Waals surface area contributed by atoms with Crippen molar-refractivity contribution in [3.63, 3.8) is 0 Å². The lowest BCUT2D eigenvalue weighted by Crippen LogP contribution is -2.52. The van der Waals surface area contributed by atoms with Crippen LogP contribution >= 0.6 is 12.2 Å². The smallest absolute Gasteiger partial charge is 0.317 e. The van der Waals surface area contributed by atoms with Gasteiger partial charge in [-0.3, -0.25) is 0 Å². The number of carbonyl (C=O) groups is 1. The van der Waals surface area contributed by atoms with Crippen molar-refractivity contribution < 1.29 is 4.79 Å². The second-order valence-corrected chi connectivity index (χ2v) is 5.09. The summed E-state index contributed by atoms with van der Waals surface area (Å²) in [6.07, 6.45) is 3.40. The molecule has 5 heteroatoms. The number of urea groups is 1. The topological polar surface area (TPSA) is 58.4 Å². The van der Waals surface area contributed by atoms with Gasteiger partial charge in [-0.2, -0.15) is 0 Å². The third-order valence-electron chi connectivity index (χ3n) is 2.90. The van der Waals surface area contributed by atoms with E-state index < -0.39 is 0 Å². The Bertz CT molecular complexity index is 262. The van der Waals surface area contributed by atoms with Crippen LogP contribution in [0.4, 0.5) is 4.79 Å². The first-order valence-electron chi connectivity index (χ1n) is 5.87. The fourth-order valence-corrected chi connectivity index (χ4v) is 2.22. The van der Waals surface area contributed by atoms with Crippen LogP contribution in [-0.4, -0.2) is 35.1 Å². The van der Waals surface area contributed by atoms with Crippen molar-refractivity contribution in [2.75, 3.05) is 13.1 Å². The van der Waals surface area contributed by atoms with E-state index in [9.17, 15) is 4.79 Å². The predicted octanol–water partition coefficient (Wildman–Crippen LogP) is 1.49. The number of nitrogens with two attached hydrogens (primary N) is 1. The van der Waals surface area contributed by atoms with E-state index in [2.05, 4.69) is 5.32 Å². The molecule has 16 heavy (non-hydrogen) atoms. The second-order valence-electron chi connectivity index (χ2n) is 4.62. The van der Waals surface area contributed by atoms with Gasteiger partial charge in [0, 0.05) is 13.1 Å². The summed E-state index contributed by atoms with van der Waals surface area (Å²) < 4.78 is 0. The van der Waals surface area contributed by atoms with Crippen LogP contribution < -0.4 is 11.1 Å². The van der Waals surface area contributed by atoms with Crippen LogP contribution in [0.2, 0.25) is 0 Å². The highest BCUT2D eigenvalue weighted by molar-refractivity contribution is 7.80. The molecule has 0 aromatic heterocycles. The zero-order valence-electron chi connectivity index (χ0n) is 10.0. The lowest BCUT2D eigenvalue weighted by atomic mass is 10.0. The summed E-state index contributed by atoms with van der Waals surface area (Å²) in [5.41, 5.74) is 5.61. The Balaban J connectivity index is 2.50. The van der Waals surface area contributed by atoms with E-state index in [0.717, 1.165) is 25.9 Å². The number of rotatable bonds is 3. The van der Waals surface area contributed by atoms with Gasteiger partial charge in [0.1, 0.15) is 0 Å². The summed E-state index contributed by atoms with van der Waals surface area (Å²) in [7, 11) is 0. The van der Waals surface area contributed by atoms with Crippen LogP contribution in [0.15, 0.2) is 0 Å². The number of likely N-dealkylation sites (tertiary alicyclic amines) is 1. The van der Waals surface area contributed by atoms with Crippen molar-refractivity contribution in [2.24, 2.45) is 11.7 Å². The second kappa shape index (κ2) is 6.03. The Kier molecular flexibility index (Phi) is 4.99. The number of carbonyl (C=O) groups excluding carboxylic acids is 1. The molecule has 1 aliphatic heterocycles. The maximum Gasteiger partial charge on any atom is 0.317 e. The number of amides is 2. The Labute approximate surface area is 103 Å². The third kappa shape index (κ3) is 3.63. The van der Waals surface area contributed by atoms with Crippen molar-refractivity contribution >= 4 is 23.2 Å². The molecule has 0 aromatic rings. The minimum absolute atomic E-state index is 0.0359.